The van der Waals surface area contributed by atoms with Gasteiger partial charge in [-0.15, -0.1) is 0 Å². The molecule has 0 saturated carbocycles. The highest BCUT2D eigenvalue weighted by Crippen LogP contribution is 2.14. The molecule has 4 nitrogen and oxygen atoms in total. The lowest BCUT2D eigenvalue weighted by molar-refractivity contribution is -0.133. The molecule has 0 fully saturated rings. The second kappa shape index (κ2) is 9.73. The van der Waals surface area contributed by atoms with E-state index in [1.807, 2.05) is 13.0 Å². The van der Waals surface area contributed by atoms with Crippen molar-refractivity contribution in [2.24, 2.45) is 0 Å². The number of carbonyl (C=O) groups is 2. The minimum Gasteiger partial charge on any atom is -0.423 e. The molecular formula is C19H18O4. The first-order chi connectivity index (χ1) is 11.1. The Morgan fingerprint density at radius 3 is 2.26 bits per heavy atom. The summed E-state index contributed by atoms with van der Waals surface area (Å²) in [5.74, 6) is -0.172. The molecule has 0 aliphatic carbocycles. The topological polar surface area (TPSA) is 52.6 Å². The van der Waals surface area contributed by atoms with E-state index in [1.165, 1.54) is 0 Å². The number of benzene rings is 1. The molecular weight excluding hydrogens is 292 g/mol. The van der Waals surface area contributed by atoms with Gasteiger partial charge in [0.05, 0.1) is 0 Å². The van der Waals surface area contributed by atoms with Gasteiger partial charge in [-0.3, -0.25) is 0 Å². The Morgan fingerprint density at radius 2 is 1.70 bits per heavy atom. The molecule has 0 bridgehead atoms. The van der Waals surface area contributed by atoms with Crippen LogP contribution in [0.2, 0.25) is 0 Å². The summed E-state index contributed by atoms with van der Waals surface area (Å²) in [4.78, 5) is 22.3. The van der Waals surface area contributed by atoms with Crippen molar-refractivity contribution < 1.29 is 19.1 Å². The maximum atomic E-state index is 11.2. The monoisotopic (exact) mass is 310 g/mol. The van der Waals surface area contributed by atoms with Crippen LogP contribution in [0.25, 0.3) is 6.08 Å². The van der Waals surface area contributed by atoms with Crippen LogP contribution in [-0.4, -0.2) is 11.9 Å². The molecule has 0 aliphatic rings. The summed E-state index contributed by atoms with van der Waals surface area (Å²) < 4.78 is 10.0. The summed E-state index contributed by atoms with van der Waals surface area (Å²) in [5, 5.41) is 0. The summed E-state index contributed by atoms with van der Waals surface area (Å²) in [6.07, 6.45) is 10.9. The zero-order valence-corrected chi connectivity index (χ0v) is 12.9. The Kier molecular flexibility index (Phi) is 7.58. The number of esters is 2. The molecule has 0 N–H and O–H groups in total. The van der Waals surface area contributed by atoms with Gasteiger partial charge in [0.2, 0.25) is 0 Å². The Bertz CT molecular complexity index is 661. The van der Waals surface area contributed by atoms with Gasteiger partial charge in [0.15, 0.2) is 0 Å². The maximum absolute atomic E-state index is 11.2. The maximum Gasteiger partial charge on any atom is 0.335 e. The van der Waals surface area contributed by atoms with Crippen molar-refractivity contribution in [1.82, 2.24) is 0 Å². The molecule has 0 saturated heterocycles. The molecule has 0 unspecified atom stereocenters. The van der Waals surface area contributed by atoms with Gasteiger partial charge in [0.25, 0.3) is 0 Å². The first kappa shape index (κ1) is 17.9. The Morgan fingerprint density at radius 1 is 1.04 bits per heavy atom. The third-order valence-electron chi connectivity index (χ3n) is 2.53. The summed E-state index contributed by atoms with van der Waals surface area (Å²) >= 11 is 0. The normalized spacial score (nSPS) is 11.4. The van der Waals surface area contributed by atoms with Gasteiger partial charge in [-0.2, -0.15) is 0 Å². The van der Waals surface area contributed by atoms with Gasteiger partial charge >= 0.3 is 11.9 Å². The second-order valence-corrected chi connectivity index (χ2v) is 4.25. The van der Waals surface area contributed by atoms with E-state index in [-0.39, 0.29) is 0 Å². The van der Waals surface area contributed by atoms with Crippen molar-refractivity contribution in [3.05, 3.63) is 85.2 Å². The second-order valence-electron chi connectivity index (χ2n) is 4.25. The zero-order valence-electron chi connectivity index (χ0n) is 12.9. The summed E-state index contributed by atoms with van der Waals surface area (Å²) in [6, 6.07) is 6.94. The quantitative estimate of drug-likeness (QED) is 0.251. The zero-order chi connectivity index (χ0) is 17.1. The number of allylic oxidation sites excluding steroid dienone is 4. The van der Waals surface area contributed by atoms with Crippen LogP contribution in [0, 0.1) is 0 Å². The van der Waals surface area contributed by atoms with Gasteiger partial charge in [0.1, 0.15) is 11.5 Å². The molecule has 0 aromatic heterocycles. The Labute approximate surface area is 135 Å². The van der Waals surface area contributed by atoms with Crippen molar-refractivity contribution in [3.63, 3.8) is 0 Å². The van der Waals surface area contributed by atoms with Crippen LogP contribution in [0.5, 0.6) is 5.75 Å². The fraction of sp³-hybridized carbons (Fsp3) is 0.0526. The van der Waals surface area contributed by atoms with Crippen LogP contribution in [0.3, 0.4) is 0 Å². The van der Waals surface area contributed by atoms with E-state index in [2.05, 4.69) is 13.2 Å². The van der Waals surface area contributed by atoms with Crippen LogP contribution in [0.1, 0.15) is 12.5 Å². The van der Waals surface area contributed by atoms with Crippen molar-refractivity contribution >= 4 is 18.0 Å². The number of carbonyl (C=O) groups excluding carboxylic acids is 2. The highest BCUT2D eigenvalue weighted by atomic mass is 16.5. The molecule has 4 heteroatoms. The molecule has 0 heterocycles. The molecule has 0 atom stereocenters. The van der Waals surface area contributed by atoms with Crippen LogP contribution >= 0.6 is 0 Å². The van der Waals surface area contributed by atoms with E-state index in [1.54, 1.807) is 48.6 Å². The minimum atomic E-state index is -0.517. The smallest absolute Gasteiger partial charge is 0.335 e. The highest BCUT2D eigenvalue weighted by molar-refractivity contribution is 5.83. The van der Waals surface area contributed by atoms with Crippen LogP contribution in [-0.2, 0) is 14.3 Å². The molecule has 118 valence electrons. The lowest BCUT2D eigenvalue weighted by Gasteiger charge is -2.01. The fourth-order valence-electron chi connectivity index (χ4n) is 1.50. The van der Waals surface area contributed by atoms with Crippen LogP contribution in [0.4, 0.5) is 0 Å². The van der Waals surface area contributed by atoms with Gasteiger partial charge in [-0.1, -0.05) is 43.5 Å². The average Bonchev–Trinajstić information content (AvgIpc) is 2.56. The fourth-order valence-corrected chi connectivity index (χ4v) is 1.50. The third kappa shape index (κ3) is 6.91. The molecule has 23 heavy (non-hydrogen) atoms. The third-order valence-corrected chi connectivity index (χ3v) is 2.53. The predicted octanol–water partition coefficient (Wildman–Crippen LogP) is 3.98. The molecule has 0 radical (unpaired) electrons. The van der Waals surface area contributed by atoms with Crippen molar-refractivity contribution in [3.8, 4) is 5.75 Å². The Balaban J connectivity index is 2.76. The minimum absolute atomic E-state index is 0.408. The molecule has 0 aliphatic heterocycles. The largest absolute Gasteiger partial charge is 0.423 e. The first-order valence-electron chi connectivity index (χ1n) is 6.88. The molecule has 0 spiro atoms. The summed E-state index contributed by atoms with van der Waals surface area (Å²) in [6.45, 7) is 8.51. The lowest BCUT2D eigenvalue weighted by atomic mass is 10.2. The SMILES string of the molecule is C=CC(=O)OC(/C=C\C)=C/C=C/c1ccc(OC(=O)C=C)cc1. The first-order valence-corrected chi connectivity index (χ1v) is 6.88. The van der Waals surface area contributed by atoms with E-state index in [0.717, 1.165) is 17.7 Å². The van der Waals surface area contributed by atoms with E-state index < -0.39 is 11.9 Å². The van der Waals surface area contributed by atoms with Gasteiger partial charge in [-0.25, -0.2) is 9.59 Å². The molecule has 0 amide bonds. The van der Waals surface area contributed by atoms with E-state index in [4.69, 9.17) is 9.47 Å². The molecule has 1 aromatic rings. The highest BCUT2D eigenvalue weighted by Gasteiger charge is 1.99. The number of hydrogen-bond acceptors (Lipinski definition) is 4. The van der Waals surface area contributed by atoms with Gasteiger partial charge in [0, 0.05) is 12.2 Å². The van der Waals surface area contributed by atoms with Crippen LogP contribution < -0.4 is 4.74 Å². The molecule has 1 rings (SSSR count). The van der Waals surface area contributed by atoms with Crippen LogP contribution in [0.15, 0.2) is 79.6 Å². The number of ether oxygens (including phenoxy) is 2. The van der Waals surface area contributed by atoms with Gasteiger partial charge in [-0.05, 0) is 36.8 Å². The van der Waals surface area contributed by atoms with E-state index in [9.17, 15) is 9.59 Å². The van der Waals surface area contributed by atoms with Crippen molar-refractivity contribution in [2.45, 2.75) is 6.92 Å². The average molecular weight is 310 g/mol. The number of rotatable bonds is 7. The number of hydrogen-bond donors (Lipinski definition) is 0. The van der Waals surface area contributed by atoms with Crippen molar-refractivity contribution in [1.29, 1.82) is 0 Å². The van der Waals surface area contributed by atoms with E-state index in [0.29, 0.717) is 11.5 Å². The lowest BCUT2D eigenvalue weighted by Crippen LogP contribution is -2.02. The summed E-state index contributed by atoms with van der Waals surface area (Å²) in [5.41, 5.74) is 0.898. The summed E-state index contributed by atoms with van der Waals surface area (Å²) in [7, 11) is 0. The van der Waals surface area contributed by atoms with Crippen molar-refractivity contribution in [2.75, 3.05) is 0 Å². The predicted molar refractivity (Wildman–Crippen MR) is 90.5 cm³/mol. The standard InChI is InChI=1S/C19H18O4/c1-4-8-16(22-18(20)5-2)10-7-9-15-11-13-17(14-12-15)23-19(21)6-3/h4-14H,2-3H2,1H3/b8-4-,9-7+,16-10+. The Hall–Kier alpha value is -3.14. The van der Waals surface area contributed by atoms with Gasteiger partial charge < -0.3 is 9.47 Å². The van der Waals surface area contributed by atoms with E-state index >= 15 is 0 Å². The molecule has 1 aromatic carbocycles.